The zero-order chi connectivity index (χ0) is 16.6. The molecule has 0 saturated carbocycles. The van der Waals surface area contributed by atoms with Crippen LogP contribution in [0.1, 0.15) is 5.56 Å². The molecule has 0 spiro atoms. The van der Waals surface area contributed by atoms with Crippen molar-refractivity contribution < 1.29 is 22.7 Å². The topological polar surface area (TPSA) is 33.4 Å². The molecule has 0 bridgehead atoms. The number of phenols is 1. The highest BCUT2D eigenvalue weighted by Gasteiger charge is 2.34. The maximum absolute atomic E-state index is 13.1. The zero-order valence-corrected chi connectivity index (χ0v) is 12.3. The number of halogens is 4. The van der Waals surface area contributed by atoms with Crippen molar-refractivity contribution in [2.75, 3.05) is 0 Å². The standard InChI is InChI=1S/C17H10ClF3O2/c18-13-7-3-5-11(16(13)22)15-9-8-14(23-15)10-4-1-2-6-12(10)17(19,20)21/h1-9,22H. The fourth-order valence-corrected chi connectivity index (χ4v) is 2.46. The van der Waals surface area contributed by atoms with E-state index in [1.165, 1.54) is 36.4 Å². The van der Waals surface area contributed by atoms with Gasteiger partial charge in [-0.2, -0.15) is 13.2 Å². The molecule has 6 heteroatoms. The maximum Gasteiger partial charge on any atom is 0.417 e. The fraction of sp³-hybridized carbons (Fsp3) is 0.0588. The monoisotopic (exact) mass is 338 g/mol. The third-order valence-electron chi connectivity index (χ3n) is 3.36. The predicted molar refractivity (Wildman–Crippen MR) is 81.3 cm³/mol. The molecule has 0 aliphatic carbocycles. The van der Waals surface area contributed by atoms with Crippen LogP contribution in [0.4, 0.5) is 13.2 Å². The Morgan fingerprint density at radius 2 is 1.43 bits per heavy atom. The third-order valence-corrected chi connectivity index (χ3v) is 3.66. The quantitative estimate of drug-likeness (QED) is 0.622. The van der Waals surface area contributed by atoms with Crippen LogP contribution >= 0.6 is 11.6 Å². The van der Waals surface area contributed by atoms with E-state index in [2.05, 4.69) is 0 Å². The second-order valence-electron chi connectivity index (χ2n) is 4.84. The number of hydrogen-bond donors (Lipinski definition) is 1. The van der Waals surface area contributed by atoms with E-state index < -0.39 is 11.7 Å². The van der Waals surface area contributed by atoms with Crippen molar-refractivity contribution in [1.29, 1.82) is 0 Å². The lowest BCUT2D eigenvalue weighted by Gasteiger charge is -2.10. The summed E-state index contributed by atoms with van der Waals surface area (Å²) >= 11 is 5.83. The number of hydrogen-bond acceptors (Lipinski definition) is 2. The SMILES string of the molecule is Oc1c(Cl)cccc1-c1ccc(-c2ccccc2C(F)(F)F)o1. The molecule has 0 amide bonds. The van der Waals surface area contributed by atoms with Gasteiger partial charge in [0.1, 0.15) is 17.3 Å². The summed E-state index contributed by atoms with van der Waals surface area (Å²) in [6.07, 6.45) is -4.48. The largest absolute Gasteiger partial charge is 0.506 e. The Bertz CT molecular complexity index is 853. The number of para-hydroxylation sites is 1. The lowest BCUT2D eigenvalue weighted by atomic mass is 10.1. The van der Waals surface area contributed by atoms with E-state index >= 15 is 0 Å². The van der Waals surface area contributed by atoms with Crippen LogP contribution in [0.5, 0.6) is 5.75 Å². The Hall–Kier alpha value is -2.40. The minimum atomic E-state index is -4.48. The highest BCUT2D eigenvalue weighted by molar-refractivity contribution is 6.32. The summed E-state index contributed by atoms with van der Waals surface area (Å²) in [5.74, 6) is 0.114. The zero-order valence-electron chi connectivity index (χ0n) is 11.6. The third kappa shape index (κ3) is 2.92. The lowest BCUT2D eigenvalue weighted by Crippen LogP contribution is -2.06. The highest BCUT2D eigenvalue weighted by atomic mass is 35.5. The molecule has 0 fully saturated rings. The van der Waals surface area contributed by atoms with Crippen molar-refractivity contribution in [2.45, 2.75) is 6.18 Å². The Labute approximate surface area is 134 Å². The van der Waals surface area contributed by atoms with Crippen LogP contribution in [-0.4, -0.2) is 5.11 Å². The molecule has 2 aromatic carbocycles. The normalized spacial score (nSPS) is 11.7. The fourth-order valence-electron chi connectivity index (χ4n) is 2.29. The molecule has 2 nitrogen and oxygen atoms in total. The van der Waals surface area contributed by atoms with Gasteiger partial charge in [-0.15, -0.1) is 0 Å². The molecule has 0 saturated heterocycles. The molecule has 23 heavy (non-hydrogen) atoms. The van der Waals surface area contributed by atoms with Crippen LogP contribution in [0.25, 0.3) is 22.6 Å². The molecule has 0 radical (unpaired) electrons. The smallest absolute Gasteiger partial charge is 0.417 e. The van der Waals surface area contributed by atoms with E-state index in [1.807, 2.05) is 0 Å². The second-order valence-corrected chi connectivity index (χ2v) is 5.25. The minimum absolute atomic E-state index is 0.0623. The average Bonchev–Trinajstić information content (AvgIpc) is 2.99. The number of furan rings is 1. The summed E-state index contributed by atoms with van der Waals surface area (Å²) in [4.78, 5) is 0. The summed E-state index contributed by atoms with van der Waals surface area (Å²) in [7, 11) is 0. The van der Waals surface area contributed by atoms with E-state index in [-0.39, 0.29) is 27.9 Å². The maximum atomic E-state index is 13.1. The predicted octanol–water partition coefficient (Wildman–Crippen LogP) is 5.99. The van der Waals surface area contributed by atoms with E-state index in [9.17, 15) is 18.3 Å². The first kappa shape index (κ1) is 15.5. The summed E-state index contributed by atoms with van der Waals surface area (Å²) in [5.41, 5.74) is -0.530. The van der Waals surface area contributed by atoms with Crippen molar-refractivity contribution in [1.82, 2.24) is 0 Å². The first-order valence-corrected chi connectivity index (χ1v) is 7.00. The number of alkyl halides is 3. The first-order valence-electron chi connectivity index (χ1n) is 6.62. The van der Waals surface area contributed by atoms with E-state index in [0.717, 1.165) is 6.07 Å². The van der Waals surface area contributed by atoms with Crippen LogP contribution in [-0.2, 0) is 6.18 Å². The Morgan fingerprint density at radius 1 is 0.826 bits per heavy atom. The molecule has 0 unspecified atom stereocenters. The van der Waals surface area contributed by atoms with E-state index in [1.54, 1.807) is 12.1 Å². The molecule has 0 atom stereocenters. The molecule has 3 aromatic rings. The Kier molecular flexibility index (Phi) is 3.82. The summed E-state index contributed by atoms with van der Waals surface area (Å²) < 4.78 is 44.8. The summed E-state index contributed by atoms with van der Waals surface area (Å²) in [5, 5.41) is 10.1. The molecule has 3 rings (SSSR count). The van der Waals surface area contributed by atoms with Gasteiger partial charge in [-0.05, 0) is 30.3 Å². The van der Waals surface area contributed by atoms with Gasteiger partial charge in [0.2, 0.25) is 0 Å². The second kappa shape index (κ2) is 5.66. The van der Waals surface area contributed by atoms with Gasteiger partial charge in [0.25, 0.3) is 0 Å². The van der Waals surface area contributed by atoms with Gasteiger partial charge in [-0.1, -0.05) is 35.9 Å². The van der Waals surface area contributed by atoms with Crippen molar-refractivity contribution in [3.05, 3.63) is 65.2 Å². The van der Waals surface area contributed by atoms with Crippen molar-refractivity contribution in [2.24, 2.45) is 0 Å². The van der Waals surface area contributed by atoms with Gasteiger partial charge in [-0.3, -0.25) is 0 Å². The van der Waals surface area contributed by atoms with Crippen LogP contribution in [0, 0.1) is 0 Å². The Balaban J connectivity index is 2.09. The summed E-state index contributed by atoms with van der Waals surface area (Å²) in [6.45, 7) is 0. The van der Waals surface area contributed by atoms with Gasteiger partial charge in [0.15, 0.2) is 0 Å². The molecular weight excluding hydrogens is 329 g/mol. The molecule has 1 N–H and O–H groups in total. The molecular formula is C17H10ClF3O2. The van der Waals surface area contributed by atoms with Crippen LogP contribution in [0.2, 0.25) is 5.02 Å². The van der Waals surface area contributed by atoms with Gasteiger partial charge < -0.3 is 9.52 Å². The number of rotatable bonds is 2. The molecule has 118 valence electrons. The van der Waals surface area contributed by atoms with Crippen molar-refractivity contribution >= 4 is 11.6 Å². The Morgan fingerprint density at radius 3 is 2.13 bits per heavy atom. The van der Waals surface area contributed by atoms with Gasteiger partial charge in [-0.25, -0.2) is 0 Å². The minimum Gasteiger partial charge on any atom is -0.506 e. The van der Waals surface area contributed by atoms with Crippen molar-refractivity contribution in [3.8, 4) is 28.4 Å². The molecule has 1 heterocycles. The van der Waals surface area contributed by atoms with E-state index in [4.69, 9.17) is 16.0 Å². The first-order chi connectivity index (χ1) is 10.9. The lowest BCUT2D eigenvalue weighted by molar-refractivity contribution is -0.137. The van der Waals surface area contributed by atoms with Gasteiger partial charge in [0, 0.05) is 5.56 Å². The van der Waals surface area contributed by atoms with Crippen molar-refractivity contribution in [3.63, 3.8) is 0 Å². The van der Waals surface area contributed by atoms with E-state index in [0.29, 0.717) is 5.56 Å². The van der Waals surface area contributed by atoms with Crippen LogP contribution in [0.15, 0.2) is 59.0 Å². The van der Waals surface area contributed by atoms with Gasteiger partial charge >= 0.3 is 6.18 Å². The molecule has 1 aromatic heterocycles. The number of phenolic OH excluding ortho intramolecular Hbond substituents is 1. The van der Waals surface area contributed by atoms with Gasteiger partial charge in [0.05, 0.1) is 16.1 Å². The van der Waals surface area contributed by atoms with Crippen LogP contribution in [0.3, 0.4) is 0 Å². The molecule has 0 aliphatic heterocycles. The summed E-state index contributed by atoms with van der Waals surface area (Å²) in [6, 6.07) is 12.8. The number of benzene rings is 2. The average molecular weight is 339 g/mol. The molecule has 0 aliphatic rings. The highest BCUT2D eigenvalue weighted by Crippen LogP contribution is 2.41. The van der Waals surface area contributed by atoms with Crippen LogP contribution < -0.4 is 0 Å². The number of aromatic hydroxyl groups is 1.